The van der Waals surface area contributed by atoms with Crippen LogP contribution in [-0.4, -0.2) is 33.9 Å². The van der Waals surface area contributed by atoms with Gasteiger partial charge in [0.2, 0.25) is 0 Å². The number of piperidine rings is 1. The maximum atomic E-state index is 11.5. The molecule has 3 atom stereocenters. The highest BCUT2D eigenvalue weighted by atomic mass is 32.2. The van der Waals surface area contributed by atoms with E-state index in [2.05, 4.69) is 17.5 Å². The molecule has 23 heavy (non-hydrogen) atoms. The Balaban J connectivity index is 1.63. The van der Waals surface area contributed by atoms with Gasteiger partial charge in [0.25, 0.3) is 0 Å². The highest BCUT2D eigenvalue weighted by molar-refractivity contribution is 7.90. The molecule has 0 radical (unpaired) electrons. The lowest BCUT2D eigenvalue weighted by Crippen LogP contribution is -2.35. The Hall–Kier alpha value is -1.17. The molecule has 0 aliphatic carbocycles. The zero-order valence-electron chi connectivity index (χ0n) is 13.6. The topological polar surface area (TPSA) is 55.4 Å². The van der Waals surface area contributed by atoms with Crippen LogP contribution >= 0.6 is 0 Å². The summed E-state index contributed by atoms with van der Waals surface area (Å²) >= 11 is 0. The van der Waals surface area contributed by atoms with Crippen LogP contribution in [0.4, 0.5) is 0 Å². The van der Waals surface area contributed by atoms with Gasteiger partial charge in [0.1, 0.15) is 0 Å². The zero-order chi connectivity index (χ0) is 16.3. The van der Waals surface area contributed by atoms with Crippen molar-refractivity contribution in [2.75, 3.05) is 19.5 Å². The Kier molecular flexibility index (Phi) is 5.19. The second kappa shape index (κ2) is 7.16. The second-order valence-corrected chi connectivity index (χ2v) is 8.62. The third-order valence-electron chi connectivity index (χ3n) is 4.71. The first kappa shape index (κ1) is 16.7. The van der Waals surface area contributed by atoms with Crippen molar-refractivity contribution >= 4 is 9.84 Å². The summed E-state index contributed by atoms with van der Waals surface area (Å²) in [7, 11) is -3.12. The molecule has 2 aliphatic heterocycles. The molecule has 3 rings (SSSR count). The smallest absolute Gasteiger partial charge is 0.175 e. The summed E-state index contributed by atoms with van der Waals surface area (Å²) < 4.78 is 28.5. The number of sulfone groups is 1. The average Bonchev–Trinajstić information content (AvgIpc) is 3.06. The monoisotopic (exact) mass is 335 g/mol. The van der Waals surface area contributed by atoms with Crippen molar-refractivity contribution in [2.24, 2.45) is 5.92 Å². The van der Waals surface area contributed by atoms with Gasteiger partial charge >= 0.3 is 0 Å². The van der Waals surface area contributed by atoms with Gasteiger partial charge in [-0.15, -0.1) is 0 Å². The Morgan fingerprint density at radius 1 is 1.13 bits per heavy atom. The second-order valence-electron chi connectivity index (χ2n) is 6.61. The number of ether oxygens (including phenoxy) is 1. The fraction of sp³-hybridized carbons (Fsp3) is 0.556. The van der Waals surface area contributed by atoms with E-state index in [1.807, 2.05) is 12.1 Å². The van der Waals surface area contributed by atoms with E-state index < -0.39 is 9.84 Å². The van der Waals surface area contributed by atoms with Crippen LogP contribution in [0.15, 0.2) is 41.3 Å². The van der Waals surface area contributed by atoms with Gasteiger partial charge in [-0.25, -0.2) is 8.42 Å². The highest BCUT2D eigenvalue weighted by Crippen LogP contribution is 2.27. The Labute approximate surface area is 138 Å². The molecule has 2 saturated heterocycles. The minimum Gasteiger partial charge on any atom is -0.381 e. The van der Waals surface area contributed by atoms with E-state index in [4.69, 9.17) is 4.74 Å². The molecule has 126 valence electrons. The van der Waals surface area contributed by atoms with Crippen LogP contribution in [0.3, 0.4) is 0 Å². The first-order valence-corrected chi connectivity index (χ1v) is 10.2. The maximum absolute atomic E-state index is 11.5. The summed E-state index contributed by atoms with van der Waals surface area (Å²) in [5, 5.41) is 3.67. The fourth-order valence-corrected chi connectivity index (χ4v) is 3.96. The quantitative estimate of drug-likeness (QED) is 0.860. The largest absolute Gasteiger partial charge is 0.381 e. The van der Waals surface area contributed by atoms with E-state index >= 15 is 0 Å². The van der Waals surface area contributed by atoms with Crippen LogP contribution in [0, 0.1) is 5.92 Å². The predicted molar refractivity (Wildman–Crippen MR) is 91.1 cm³/mol. The van der Waals surface area contributed by atoms with Crippen LogP contribution in [0.2, 0.25) is 0 Å². The Morgan fingerprint density at radius 3 is 2.57 bits per heavy atom. The van der Waals surface area contributed by atoms with E-state index in [9.17, 15) is 8.42 Å². The minimum atomic E-state index is -3.12. The number of benzene rings is 1. The summed E-state index contributed by atoms with van der Waals surface area (Å²) in [5.74, 6) is 0.561. The summed E-state index contributed by atoms with van der Waals surface area (Å²) in [6, 6.07) is 7.98. The van der Waals surface area contributed by atoms with E-state index in [0.717, 1.165) is 32.5 Å². The predicted octanol–water partition coefficient (Wildman–Crippen LogP) is 2.87. The molecule has 0 saturated carbocycles. The Morgan fingerprint density at radius 2 is 1.91 bits per heavy atom. The number of hydrogen-bond donors (Lipinski definition) is 1. The van der Waals surface area contributed by atoms with E-state index in [-0.39, 0.29) is 0 Å². The molecule has 4 nitrogen and oxygen atoms in total. The van der Waals surface area contributed by atoms with Gasteiger partial charge in [-0.05, 0) is 43.4 Å². The molecule has 2 fully saturated rings. The molecule has 0 bridgehead atoms. The lowest BCUT2D eigenvalue weighted by atomic mass is 9.92. The summed E-state index contributed by atoms with van der Waals surface area (Å²) in [6.45, 7) is 1.72. The third-order valence-corrected chi connectivity index (χ3v) is 5.84. The lowest BCUT2D eigenvalue weighted by molar-refractivity contribution is 0.191. The highest BCUT2D eigenvalue weighted by Gasteiger charge is 2.21. The van der Waals surface area contributed by atoms with Crippen molar-refractivity contribution in [3.63, 3.8) is 0 Å². The van der Waals surface area contributed by atoms with Gasteiger partial charge in [0.05, 0.1) is 11.5 Å². The molecule has 0 aromatic heterocycles. The molecule has 5 heteroatoms. The van der Waals surface area contributed by atoms with Crippen molar-refractivity contribution in [1.82, 2.24) is 5.32 Å². The SMILES string of the molecule is CS(=O)(=O)c1ccc(C2CCCC(/C=C/C3CCOC3)N2)cc1. The maximum Gasteiger partial charge on any atom is 0.175 e. The normalized spacial score (nSPS) is 29.2. The van der Waals surface area contributed by atoms with Crippen molar-refractivity contribution in [3.05, 3.63) is 42.0 Å². The molecule has 2 heterocycles. The molecular weight excluding hydrogens is 310 g/mol. The van der Waals surface area contributed by atoms with Crippen LogP contribution in [-0.2, 0) is 14.6 Å². The van der Waals surface area contributed by atoms with Crippen LogP contribution in [0.25, 0.3) is 0 Å². The fourth-order valence-electron chi connectivity index (χ4n) is 3.32. The van der Waals surface area contributed by atoms with Crippen molar-refractivity contribution < 1.29 is 13.2 Å². The third kappa shape index (κ3) is 4.43. The lowest BCUT2D eigenvalue weighted by Gasteiger charge is -2.30. The molecule has 2 aliphatic rings. The van der Waals surface area contributed by atoms with Gasteiger partial charge in [0, 0.05) is 30.9 Å². The Bertz CT molecular complexity index is 645. The minimum absolute atomic E-state index is 0.298. The van der Waals surface area contributed by atoms with Gasteiger partial charge < -0.3 is 10.1 Å². The number of rotatable bonds is 4. The van der Waals surface area contributed by atoms with Crippen molar-refractivity contribution in [2.45, 2.75) is 42.7 Å². The van der Waals surface area contributed by atoms with Gasteiger partial charge in [-0.3, -0.25) is 0 Å². The number of hydrogen-bond acceptors (Lipinski definition) is 4. The molecule has 0 spiro atoms. The van der Waals surface area contributed by atoms with Crippen LogP contribution in [0.5, 0.6) is 0 Å². The standard InChI is InChI=1S/C18H25NO3S/c1-23(20,21)17-9-6-15(7-10-17)18-4-2-3-16(19-18)8-5-14-11-12-22-13-14/h5-10,14,16,18-19H,2-4,11-13H2,1H3/b8-5+. The summed E-state index contributed by atoms with van der Waals surface area (Å²) in [6.07, 6.45) is 10.4. The van der Waals surface area contributed by atoms with Gasteiger partial charge in [-0.2, -0.15) is 0 Å². The average molecular weight is 335 g/mol. The van der Waals surface area contributed by atoms with Gasteiger partial charge in [-0.1, -0.05) is 24.3 Å². The first-order valence-electron chi connectivity index (χ1n) is 8.34. The molecular formula is C18H25NO3S. The molecule has 3 unspecified atom stereocenters. The molecule has 0 amide bonds. The zero-order valence-corrected chi connectivity index (χ0v) is 14.4. The van der Waals surface area contributed by atoms with E-state index in [1.54, 1.807) is 12.1 Å². The van der Waals surface area contributed by atoms with Crippen LogP contribution in [0.1, 0.15) is 37.3 Å². The van der Waals surface area contributed by atoms with Gasteiger partial charge in [0.15, 0.2) is 9.84 Å². The molecule has 1 aromatic rings. The van der Waals surface area contributed by atoms with Crippen LogP contribution < -0.4 is 5.32 Å². The first-order chi connectivity index (χ1) is 11.0. The molecule has 1 N–H and O–H groups in total. The van der Waals surface area contributed by atoms with E-state index in [0.29, 0.717) is 22.9 Å². The van der Waals surface area contributed by atoms with Crippen molar-refractivity contribution in [3.8, 4) is 0 Å². The summed E-state index contributed by atoms with van der Waals surface area (Å²) in [4.78, 5) is 0.384. The van der Waals surface area contributed by atoms with E-state index in [1.165, 1.54) is 18.2 Å². The van der Waals surface area contributed by atoms with Crippen molar-refractivity contribution in [1.29, 1.82) is 0 Å². The molecule has 1 aromatic carbocycles. The number of nitrogens with one attached hydrogen (secondary N) is 1. The summed E-state index contributed by atoms with van der Waals surface area (Å²) in [5.41, 5.74) is 1.17.